The zero-order valence-electron chi connectivity index (χ0n) is 20.4. The molecule has 6 rings (SSSR count). The standard InChI is InChI=1S/C31H33N3O/c1-2-32-29-14-8-9-15-30(29)34(31(32)35)27-18-16-26(17-19-27)33(22-23-10-4-3-5-11-23)28-20-24-12-6-7-13-25(24)21-28/h3-15,20,26-27H,2,16-19,21-22H2,1H3. The fraction of sp³-hybridized carbons (Fsp3) is 0.323. The molecule has 0 amide bonds. The van der Waals surface area contributed by atoms with Crippen LogP contribution in [0.3, 0.4) is 0 Å². The van der Waals surface area contributed by atoms with E-state index in [0.717, 1.165) is 49.7 Å². The van der Waals surface area contributed by atoms with Crippen molar-refractivity contribution >= 4 is 17.1 Å². The number of fused-ring (bicyclic) bond motifs is 2. The Balaban J connectivity index is 1.27. The molecule has 3 aromatic carbocycles. The zero-order chi connectivity index (χ0) is 23.8. The van der Waals surface area contributed by atoms with Gasteiger partial charge in [-0.2, -0.15) is 0 Å². The Hall–Kier alpha value is -3.53. The van der Waals surface area contributed by atoms with E-state index in [4.69, 9.17) is 0 Å². The van der Waals surface area contributed by atoms with E-state index in [1.807, 2.05) is 10.6 Å². The molecule has 2 aliphatic rings. The Bertz CT molecular complexity index is 1420. The number of nitrogens with zero attached hydrogens (tertiary/aromatic N) is 3. The van der Waals surface area contributed by atoms with E-state index in [1.165, 1.54) is 22.4 Å². The first-order chi connectivity index (χ1) is 17.2. The molecule has 0 radical (unpaired) electrons. The van der Waals surface area contributed by atoms with Crippen molar-refractivity contribution in [3.63, 3.8) is 0 Å². The first kappa shape index (κ1) is 22.0. The summed E-state index contributed by atoms with van der Waals surface area (Å²) in [5.41, 5.74) is 7.85. The van der Waals surface area contributed by atoms with Crippen LogP contribution in [-0.2, 0) is 19.5 Å². The Morgan fingerprint density at radius 1 is 0.829 bits per heavy atom. The summed E-state index contributed by atoms with van der Waals surface area (Å²) in [4.78, 5) is 16.0. The number of aryl methyl sites for hydroxylation is 1. The summed E-state index contributed by atoms with van der Waals surface area (Å²) in [5.74, 6) is 0. The van der Waals surface area contributed by atoms with Crippen molar-refractivity contribution in [2.45, 2.75) is 64.2 Å². The first-order valence-corrected chi connectivity index (χ1v) is 13.0. The van der Waals surface area contributed by atoms with E-state index < -0.39 is 0 Å². The van der Waals surface area contributed by atoms with E-state index in [1.54, 1.807) is 0 Å². The second-order valence-corrected chi connectivity index (χ2v) is 9.97. The molecule has 4 aromatic rings. The fourth-order valence-corrected chi connectivity index (χ4v) is 6.21. The highest BCUT2D eigenvalue weighted by atomic mass is 16.1. The third kappa shape index (κ3) is 4.01. The van der Waals surface area contributed by atoms with Crippen molar-refractivity contribution in [1.29, 1.82) is 0 Å². The minimum atomic E-state index is 0.146. The monoisotopic (exact) mass is 463 g/mol. The summed E-state index contributed by atoms with van der Waals surface area (Å²) in [6.45, 7) is 3.70. The van der Waals surface area contributed by atoms with Crippen LogP contribution in [0.15, 0.2) is 89.4 Å². The summed E-state index contributed by atoms with van der Waals surface area (Å²) in [5, 5.41) is 0. The number of imidazole rings is 1. The predicted octanol–water partition coefficient (Wildman–Crippen LogP) is 6.41. The summed E-state index contributed by atoms with van der Waals surface area (Å²) in [6.07, 6.45) is 7.67. The van der Waals surface area contributed by atoms with Gasteiger partial charge >= 0.3 is 5.69 Å². The molecule has 1 fully saturated rings. The summed E-state index contributed by atoms with van der Waals surface area (Å²) in [7, 11) is 0. The topological polar surface area (TPSA) is 30.2 Å². The highest BCUT2D eigenvalue weighted by molar-refractivity contribution is 5.76. The van der Waals surface area contributed by atoms with Gasteiger partial charge in [-0.05, 0) is 67.5 Å². The van der Waals surface area contributed by atoms with E-state index in [9.17, 15) is 4.79 Å². The molecule has 35 heavy (non-hydrogen) atoms. The lowest BCUT2D eigenvalue weighted by Crippen LogP contribution is -2.39. The van der Waals surface area contributed by atoms with E-state index in [-0.39, 0.29) is 11.7 Å². The molecular formula is C31H33N3O. The van der Waals surface area contributed by atoms with Crippen molar-refractivity contribution in [3.8, 4) is 0 Å². The van der Waals surface area contributed by atoms with Gasteiger partial charge in [0.05, 0.1) is 11.0 Å². The maximum atomic E-state index is 13.3. The summed E-state index contributed by atoms with van der Waals surface area (Å²) >= 11 is 0. The van der Waals surface area contributed by atoms with Crippen LogP contribution < -0.4 is 5.69 Å². The van der Waals surface area contributed by atoms with E-state index >= 15 is 0 Å². The predicted molar refractivity (Wildman–Crippen MR) is 143 cm³/mol. The molecule has 178 valence electrons. The van der Waals surface area contributed by atoms with Gasteiger partial charge in [-0.15, -0.1) is 0 Å². The van der Waals surface area contributed by atoms with Gasteiger partial charge in [0, 0.05) is 37.3 Å². The van der Waals surface area contributed by atoms with Gasteiger partial charge in [-0.1, -0.05) is 66.7 Å². The largest absolute Gasteiger partial charge is 0.367 e. The molecule has 0 spiro atoms. The van der Waals surface area contributed by atoms with Gasteiger partial charge in [0.25, 0.3) is 0 Å². The third-order valence-electron chi connectivity index (χ3n) is 7.97. The second-order valence-electron chi connectivity index (χ2n) is 9.97. The number of benzene rings is 3. The van der Waals surface area contributed by atoms with Crippen LogP contribution in [0.5, 0.6) is 0 Å². The Kier molecular flexibility index (Phi) is 5.81. The average Bonchev–Trinajstić information content (AvgIpc) is 3.46. The molecule has 1 heterocycles. The average molecular weight is 464 g/mol. The minimum Gasteiger partial charge on any atom is -0.367 e. The van der Waals surface area contributed by atoms with Gasteiger partial charge in [0.1, 0.15) is 0 Å². The molecular weight excluding hydrogens is 430 g/mol. The molecule has 1 saturated carbocycles. The van der Waals surface area contributed by atoms with Crippen LogP contribution >= 0.6 is 0 Å². The first-order valence-electron chi connectivity index (χ1n) is 13.0. The van der Waals surface area contributed by atoms with Gasteiger partial charge in [-0.25, -0.2) is 4.79 Å². The molecule has 4 heteroatoms. The molecule has 0 atom stereocenters. The Morgan fingerprint density at radius 2 is 1.51 bits per heavy atom. The third-order valence-corrected chi connectivity index (χ3v) is 7.97. The SMILES string of the molecule is CCn1c(=O)n(C2CCC(N(Cc3ccccc3)C3=Cc4ccccc4C3)CC2)c2ccccc21. The van der Waals surface area contributed by atoms with Crippen LogP contribution in [0.25, 0.3) is 17.1 Å². The molecule has 4 nitrogen and oxygen atoms in total. The molecule has 1 aromatic heterocycles. The maximum Gasteiger partial charge on any atom is 0.329 e. The van der Waals surface area contributed by atoms with Crippen LogP contribution in [0, 0.1) is 0 Å². The number of allylic oxidation sites excluding steroid dienone is 1. The van der Waals surface area contributed by atoms with E-state index in [2.05, 4.69) is 95.3 Å². The highest BCUT2D eigenvalue weighted by Gasteiger charge is 2.31. The van der Waals surface area contributed by atoms with Crippen molar-refractivity contribution < 1.29 is 0 Å². The molecule has 0 bridgehead atoms. The number of aromatic nitrogens is 2. The van der Waals surface area contributed by atoms with Crippen LogP contribution in [0.1, 0.15) is 55.3 Å². The van der Waals surface area contributed by atoms with Gasteiger partial charge in [0.15, 0.2) is 0 Å². The fourth-order valence-electron chi connectivity index (χ4n) is 6.21. The second kappa shape index (κ2) is 9.26. The smallest absolute Gasteiger partial charge is 0.329 e. The zero-order valence-corrected chi connectivity index (χ0v) is 20.4. The van der Waals surface area contributed by atoms with Gasteiger partial charge in [0.2, 0.25) is 0 Å². The van der Waals surface area contributed by atoms with Gasteiger partial charge < -0.3 is 4.90 Å². The highest BCUT2D eigenvalue weighted by Crippen LogP contribution is 2.37. The Labute approximate surface area is 207 Å². The van der Waals surface area contributed by atoms with Crippen molar-refractivity contribution in [3.05, 3.63) is 112 Å². The molecule has 2 aliphatic carbocycles. The molecule has 0 unspecified atom stereocenters. The molecule has 0 aliphatic heterocycles. The lowest BCUT2D eigenvalue weighted by Gasteiger charge is -2.39. The minimum absolute atomic E-state index is 0.146. The van der Waals surface area contributed by atoms with Crippen LogP contribution in [0.4, 0.5) is 0 Å². The van der Waals surface area contributed by atoms with Crippen molar-refractivity contribution in [2.75, 3.05) is 0 Å². The maximum absolute atomic E-state index is 13.3. The molecule has 0 N–H and O–H groups in total. The number of hydrogen-bond donors (Lipinski definition) is 0. The number of para-hydroxylation sites is 2. The van der Waals surface area contributed by atoms with Crippen LogP contribution in [0.2, 0.25) is 0 Å². The van der Waals surface area contributed by atoms with Crippen molar-refractivity contribution in [1.82, 2.24) is 14.0 Å². The van der Waals surface area contributed by atoms with Crippen molar-refractivity contribution in [2.24, 2.45) is 0 Å². The quantitative estimate of drug-likeness (QED) is 0.331. The lowest BCUT2D eigenvalue weighted by molar-refractivity contribution is 0.166. The number of rotatable bonds is 6. The van der Waals surface area contributed by atoms with E-state index in [0.29, 0.717) is 12.6 Å². The van der Waals surface area contributed by atoms with Crippen LogP contribution in [-0.4, -0.2) is 20.1 Å². The summed E-state index contributed by atoms with van der Waals surface area (Å²) in [6, 6.07) is 28.6. The lowest BCUT2D eigenvalue weighted by atomic mass is 9.89. The summed E-state index contributed by atoms with van der Waals surface area (Å²) < 4.78 is 4.00. The normalized spacial score (nSPS) is 19.5. The Morgan fingerprint density at radius 3 is 2.26 bits per heavy atom. The molecule has 0 saturated heterocycles. The number of hydrogen-bond acceptors (Lipinski definition) is 2. The van der Waals surface area contributed by atoms with Gasteiger partial charge in [-0.3, -0.25) is 9.13 Å².